The Hall–Kier alpha value is -4.62. The van der Waals surface area contributed by atoms with Gasteiger partial charge in [0, 0.05) is 22.6 Å². The van der Waals surface area contributed by atoms with Crippen molar-refractivity contribution in [3.63, 3.8) is 0 Å². The molecule has 14 heteroatoms. The number of aryl methyl sites for hydroxylation is 1. The Bertz CT molecular complexity index is 1660. The van der Waals surface area contributed by atoms with Crippen molar-refractivity contribution in [1.82, 2.24) is 20.2 Å². The molecule has 5 rings (SSSR count). The van der Waals surface area contributed by atoms with Gasteiger partial charge < -0.3 is 16.8 Å². The Morgan fingerprint density at radius 1 is 1.10 bits per heavy atom. The number of amides is 2. The summed E-state index contributed by atoms with van der Waals surface area (Å²) in [6.45, 7) is 1.73. The number of carbonyl (C=O) groups excluding carboxylic acids is 2. The second kappa shape index (κ2) is 8.99. The van der Waals surface area contributed by atoms with Crippen molar-refractivity contribution in [2.24, 2.45) is 11.1 Å². The van der Waals surface area contributed by atoms with Gasteiger partial charge in [0.25, 0.3) is 5.91 Å². The van der Waals surface area contributed by atoms with Crippen LogP contribution in [-0.2, 0) is 4.79 Å². The maximum atomic E-state index is 14.4. The molecule has 1 aliphatic carbocycles. The summed E-state index contributed by atoms with van der Waals surface area (Å²) in [6, 6.07) is 4.60. The zero-order valence-electron chi connectivity index (χ0n) is 20.2. The van der Waals surface area contributed by atoms with Gasteiger partial charge in [0.15, 0.2) is 23.2 Å². The summed E-state index contributed by atoms with van der Waals surface area (Å²) in [5, 5.41) is 9.41. The monoisotopic (exact) mass is 545 g/mol. The molecule has 1 fully saturated rings. The first-order valence-corrected chi connectivity index (χ1v) is 11.6. The average molecular weight is 545 g/mol. The summed E-state index contributed by atoms with van der Waals surface area (Å²) in [5.41, 5.74) is 9.06. The molecule has 2 amide bonds. The maximum Gasteiger partial charge on any atom is 0.403 e. The zero-order valence-corrected chi connectivity index (χ0v) is 20.2. The number of nitrogens with one attached hydrogen (secondary N) is 2. The van der Waals surface area contributed by atoms with E-state index in [1.54, 1.807) is 19.1 Å². The van der Waals surface area contributed by atoms with Crippen molar-refractivity contribution in [3.8, 4) is 22.6 Å². The Kier molecular flexibility index (Phi) is 6.00. The quantitative estimate of drug-likeness (QED) is 0.269. The number of aromatic nitrogens is 4. The van der Waals surface area contributed by atoms with Crippen LogP contribution in [0.15, 0.2) is 30.5 Å². The van der Waals surface area contributed by atoms with E-state index in [2.05, 4.69) is 25.5 Å². The number of aromatic amines is 1. The fraction of sp³-hybridized carbons (Fsp3) is 0.240. The summed E-state index contributed by atoms with van der Waals surface area (Å²) in [5.74, 6) is -5.77. The van der Waals surface area contributed by atoms with Gasteiger partial charge in [-0.25, -0.2) is 18.7 Å². The van der Waals surface area contributed by atoms with Gasteiger partial charge in [-0.15, -0.1) is 0 Å². The number of alkyl halides is 3. The molecule has 202 valence electrons. The number of benzene rings is 2. The van der Waals surface area contributed by atoms with Crippen molar-refractivity contribution in [3.05, 3.63) is 53.4 Å². The van der Waals surface area contributed by atoms with Crippen molar-refractivity contribution in [2.75, 3.05) is 11.1 Å². The summed E-state index contributed by atoms with van der Waals surface area (Å²) in [6.07, 6.45) is -4.11. The van der Waals surface area contributed by atoms with Gasteiger partial charge in [0.05, 0.1) is 28.8 Å². The van der Waals surface area contributed by atoms with E-state index in [0.717, 1.165) is 0 Å². The third-order valence-corrected chi connectivity index (χ3v) is 6.98. The number of nitrogens with zero attached hydrogens (tertiary/aromatic N) is 3. The molecule has 1 aliphatic rings. The number of halogens is 5. The minimum absolute atomic E-state index is 0.00827. The predicted octanol–water partition coefficient (Wildman–Crippen LogP) is 4.63. The van der Waals surface area contributed by atoms with Gasteiger partial charge in [-0.05, 0) is 37.5 Å². The molecule has 9 nitrogen and oxygen atoms in total. The van der Waals surface area contributed by atoms with Crippen molar-refractivity contribution >= 4 is 34.1 Å². The van der Waals surface area contributed by atoms with Crippen molar-refractivity contribution in [1.29, 1.82) is 0 Å². The summed E-state index contributed by atoms with van der Waals surface area (Å²) in [7, 11) is 0. The van der Waals surface area contributed by atoms with Crippen LogP contribution in [0.25, 0.3) is 33.5 Å². The second-order valence-corrected chi connectivity index (χ2v) is 9.31. The van der Waals surface area contributed by atoms with Gasteiger partial charge in [-0.3, -0.25) is 14.7 Å². The smallest absolute Gasteiger partial charge is 0.395 e. The van der Waals surface area contributed by atoms with Crippen LogP contribution >= 0.6 is 0 Å². The number of nitrogens with two attached hydrogens (primary N) is 2. The molecule has 2 aromatic carbocycles. The summed E-state index contributed by atoms with van der Waals surface area (Å²) < 4.78 is 69.9. The van der Waals surface area contributed by atoms with Crippen LogP contribution in [0.4, 0.5) is 33.3 Å². The van der Waals surface area contributed by atoms with Crippen molar-refractivity contribution in [2.45, 2.75) is 32.4 Å². The largest absolute Gasteiger partial charge is 0.403 e. The first-order valence-electron chi connectivity index (χ1n) is 11.6. The highest BCUT2D eigenvalue weighted by molar-refractivity contribution is 6.05. The number of anilines is 2. The highest BCUT2D eigenvalue weighted by Crippen LogP contribution is 2.53. The van der Waals surface area contributed by atoms with E-state index in [1.807, 2.05) is 0 Å². The average Bonchev–Trinajstić information content (AvgIpc) is 3.28. The van der Waals surface area contributed by atoms with Crippen LogP contribution < -0.4 is 16.8 Å². The molecule has 2 heterocycles. The highest BCUT2D eigenvalue weighted by Gasteiger charge is 2.63. The summed E-state index contributed by atoms with van der Waals surface area (Å²) in [4.78, 5) is 33.5. The minimum Gasteiger partial charge on any atom is -0.395 e. The molecular formula is C25H20F5N7O2. The number of hydrogen-bond acceptors (Lipinski definition) is 6. The molecule has 0 spiro atoms. The third-order valence-electron chi connectivity index (χ3n) is 6.98. The molecule has 0 aliphatic heterocycles. The number of rotatable bonds is 5. The number of carbonyl (C=O) groups is 2. The van der Waals surface area contributed by atoms with Crippen LogP contribution in [0.5, 0.6) is 0 Å². The predicted molar refractivity (Wildman–Crippen MR) is 131 cm³/mol. The van der Waals surface area contributed by atoms with Crippen LogP contribution in [0, 0.1) is 24.0 Å². The Morgan fingerprint density at radius 2 is 1.79 bits per heavy atom. The van der Waals surface area contributed by atoms with E-state index in [9.17, 15) is 31.5 Å². The van der Waals surface area contributed by atoms with Crippen LogP contribution in [0.2, 0.25) is 0 Å². The number of H-pyrrole nitrogens is 1. The first kappa shape index (κ1) is 26.0. The molecular weight excluding hydrogens is 525 g/mol. The Balaban J connectivity index is 1.72. The lowest BCUT2D eigenvalue weighted by atomic mass is 9.67. The topological polar surface area (TPSA) is 153 Å². The molecule has 0 radical (unpaired) electrons. The van der Waals surface area contributed by atoms with Gasteiger partial charge in [0.2, 0.25) is 5.91 Å². The Morgan fingerprint density at radius 3 is 2.41 bits per heavy atom. The molecule has 39 heavy (non-hydrogen) atoms. The van der Waals surface area contributed by atoms with Gasteiger partial charge in [-0.2, -0.15) is 18.3 Å². The maximum absolute atomic E-state index is 14.4. The second-order valence-electron chi connectivity index (χ2n) is 9.31. The fourth-order valence-electron chi connectivity index (χ4n) is 4.66. The van der Waals surface area contributed by atoms with Crippen LogP contribution in [-0.4, -0.2) is 38.2 Å². The van der Waals surface area contributed by atoms with Gasteiger partial charge >= 0.3 is 6.18 Å². The Labute approximate surface area is 216 Å². The zero-order chi connectivity index (χ0) is 28.3. The highest BCUT2D eigenvalue weighted by atomic mass is 19.4. The van der Waals surface area contributed by atoms with Gasteiger partial charge in [0.1, 0.15) is 5.41 Å². The fourth-order valence-corrected chi connectivity index (χ4v) is 4.66. The number of nitrogen functional groups attached to an aromatic ring is 1. The standard InChI is InChI=1S/C25H20F5N7O2/c1-10-3-4-15-12(9-33-37-15)17(10)19-18(31)20(21(32)38)36-22(35-19)11-7-13(26)14(27)8-16(11)34-23(39)24(5-2-6-24)25(28,29)30/h3-4,7-9H,2,5-6,31H2,1H3,(H2,32,38)(H,33,37)(H,34,39). The molecule has 0 saturated heterocycles. The summed E-state index contributed by atoms with van der Waals surface area (Å²) >= 11 is 0. The van der Waals surface area contributed by atoms with Crippen molar-refractivity contribution < 1.29 is 31.5 Å². The third kappa shape index (κ3) is 4.11. The number of primary amides is 1. The lowest BCUT2D eigenvalue weighted by Gasteiger charge is -2.41. The van der Waals surface area contributed by atoms with Crippen LogP contribution in [0.3, 0.4) is 0 Å². The SMILES string of the molecule is Cc1ccc2[nH]ncc2c1-c1nc(-c2cc(F)c(F)cc2NC(=O)C2(C(F)(F)F)CCC2)nc(C(N)=O)c1N. The normalized spacial score (nSPS) is 14.7. The number of fused-ring (bicyclic) bond motifs is 1. The molecule has 0 bridgehead atoms. The van der Waals surface area contributed by atoms with E-state index in [0.29, 0.717) is 34.2 Å². The first-order chi connectivity index (χ1) is 18.3. The van der Waals surface area contributed by atoms with E-state index in [1.165, 1.54) is 6.20 Å². The number of hydrogen-bond donors (Lipinski definition) is 4. The molecule has 6 N–H and O–H groups in total. The van der Waals surface area contributed by atoms with E-state index >= 15 is 0 Å². The molecule has 4 aromatic rings. The minimum atomic E-state index is -4.86. The molecule has 0 unspecified atom stereocenters. The molecule has 2 aromatic heterocycles. The van der Waals surface area contributed by atoms with E-state index in [-0.39, 0.29) is 23.4 Å². The lowest BCUT2D eigenvalue weighted by molar-refractivity contribution is -0.240. The van der Waals surface area contributed by atoms with E-state index in [4.69, 9.17) is 11.5 Å². The molecule has 0 atom stereocenters. The van der Waals surface area contributed by atoms with E-state index < -0.39 is 65.1 Å². The van der Waals surface area contributed by atoms with Gasteiger partial charge in [-0.1, -0.05) is 12.5 Å². The lowest BCUT2D eigenvalue weighted by Crippen LogP contribution is -2.52. The van der Waals surface area contributed by atoms with Crippen LogP contribution in [0.1, 0.15) is 35.3 Å². The molecule has 1 saturated carbocycles.